The monoisotopic (exact) mass is 305 g/mol. The highest BCUT2D eigenvalue weighted by molar-refractivity contribution is 5.75. The molecule has 5 heteroatoms. The Hall–Kier alpha value is -1.43. The quantitative estimate of drug-likeness (QED) is 0.857. The maximum absolute atomic E-state index is 11.0. The molecule has 1 fully saturated rings. The molecule has 1 aromatic rings. The van der Waals surface area contributed by atoms with Crippen LogP contribution in [0.15, 0.2) is 24.3 Å². The molecule has 0 bridgehead atoms. The van der Waals surface area contributed by atoms with Gasteiger partial charge in [-0.05, 0) is 32.0 Å². The molecule has 1 saturated heterocycles. The van der Waals surface area contributed by atoms with Gasteiger partial charge in [-0.2, -0.15) is 0 Å². The Morgan fingerprint density at radius 1 is 1.50 bits per heavy atom. The number of primary amides is 1. The van der Waals surface area contributed by atoms with Gasteiger partial charge in [0.2, 0.25) is 5.91 Å². The van der Waals surface area contributed by atoms with E-state index in [9.17, 15) is 4.79 Å². The summed E-state index contributed by atoms with van der Waals surface area (Å²) in [6.07, 6.45) is 0.115. The van der Waals surface area contributed by atoms with Crippen LogP contribution in [-0.4, -0.2) is 61.6 Å². The highest BCUT2D eigenvalue weighted by atomic mass is 16.5. The maximum atomic E-state index is 11.0. The molecule has 1 amide bonds. The van der Waals surface area contributed by atoms with E-state index >= 15 is 0 Å². The molecule has 2 unspecified atom stereocenters. The number of morpholine rings is 1. The van der Waals surface area contributed by atoms with Crippen molar-refractivity contribution in [1.82, 2.24) is 9.80 Å². The molecular weight excluding hydrogens is 278 g/mol. The van der Waals surface area contributed by atoms with E-state index in [0.29, 0.717) is 6.04 Å². The van der Waals surface area contributed by atoms with Crippen molar-refractivity contribution in [3.8, 4) is 0 Å². The highest BCUT2D eigenvalue weighted by Gasteiger charge is 2.26. The average molecular weight is 305 g/mol. The number of carbonyl (C=O) groups excluding carboxylic acids is 1. The predicted molar refractivity (Wildman–Crippen MR) is 87.6 cm³/mol. The zero-order chi connectivity index (χ0) is 16.1. The van der Waals surface area contributed by atoms with Gasteiger partial charge in [-0.3, -0.25) is 14.6 Å². The second-order valence-electron chi connectivity index (χ2n) is 6.18. The fourth-order valence-electron chi connectivity index (χ4n) is 3.13. The molecule has 0 saturated carbocycles. The molecule has 1 aromatic carbocycles. The Labute approximate surface area is 133 Å². The highest BCUT2D eigenvalue weighted by Crippen LogP contribution is 2.25. The van der Waals surface area contributed by atoms with Crippen LogP contribution in [0.3, 0.4) is 0 Å². The standard InChI is InChI=1S/C17H27N3O2/c1-13-6-4-5-7-16(13)14(2)20-8-9-22-15(11-20)10-19(3)12-17(18)21/h4-7,14-15H,8-12H2,1-3H3,(H2,18,21). The number of likely N-dealkylation sites (N-methyl/N-ethyl adjacent to an activating group) is 1. The van der Waals surface area contributed by atoms with Crippen molar-refractivity contribution in [3.05, 3.63) is 35.4 Å². The average Bonchev–Trinajstić information content (AvgIpc) is 2.46. The van der Waals surface area contributed by atoms with Crippen LogP contribution in [0.1, 0.15) is 24.1 Å². The van der Waals surface area contributed by atoms with Gasteiger partial charge in [-0.15, -0.1) is 0 Å². The molecule has 1 aliphatic heterocycles. The van der Waals surface area contributed by atoms with Gasteiger partial charge in [0.25, 0.3) is 0 Å². The van der Waals surface area contributed by atoms with Gasteiger partial charge in [-0.25, -0.2) is 0 Å². The number of hydrogen-bond acceptors (Lipinski definition) is 4. The van der Waals surface area contributed by atoms with E-state index < -0.39 is 0 Å². The summed E-state index contributed by atoms with van der Waals surface area (Å²) < 4.78 is 5.84. The van der Waals surface area contributed by atoms with Crippen LogP contribution in [0.4, 0.5) is 0 Å². The molecule has 122 valence electrons. The van der Waals surface area contributed by atoms with Crippen molar-refractivity contribution < 1.29 is 9.53 Å². The maximum Gasteiger partial charge on any atom is 0.231 e. The van der Waals surface area contributed by atoms with Gasteiger partial charge in [0.15, 0.2) is 0 Å². The smallest absolute Gasteiger partial charge is 0.231 e. The van der Waals surface area contributed by atoms with Crippen molar-refractivity contribution in [2.45, 2.75) is 26.0 Å². The first-order valence-electron chi connectivity index (χ1n) is 7.85. The van der Waals surface area contributed by atoms with E-state index in [-0.39, 0.29) is 18.6 Å². The van der Waals surface area contributed by atoms with E-state index in [2.05, 4.69) is 43.0 Å². The molecule has 2 rings (SSSR count). The van der Waals surface area contributed by atoms with Crippen LogP contribution in [0.2, 0.25) is 0 Å². The zero-order valence-corrected chi connectivity index (χ0v) is 13.8. The van der Waals surface area contributed by atoms with E-state index in [4.69, 9.17) is 10.5 Å². The topological polar surface area (TPSA) is 58.8 Å². The van der Waals surface area contributed by atoms with Crippen molar-refractivity contribution in [1.29, 1.82) is 0 Å². The number of hydrogen-bond donors (Lipinski definition) is 1. The Morgan fingerprint density at radius 2 is 2.23 bits per heavy atom. The Kier molecular flexibility index (Phi) is 5.94. The summed E-state index contributed by atoms with van der Waals surface area (Å²) in [6, 6.07) is 8.90. The molecule has 0 aromatic heterocycles. The molecule has 22 heavy (non-hydrogen) atoms. The predicted octanol–water partition coefficient (Wildman–Crippen LogP) is 1.17. The van der Waals surface area contributed by atoms with Crippen molar-refractivity contribution in [2.75, 3.05) is 39.8 Å². The van der Waals surface area contributed by atoms with Crippen LogP contribution in [0.25, 0.3) is 0 Å². The van der Waals surface area contributed by atoms with E-state index in [1.54, 1.807) is 0 Å². The number of benzene rings is 1. The van der Waals surface area contributed by atoms with Crippen LogP contribution < -0.4 is 5.73 Å². The minimum Gasteiger partial charge on any atom is -0.374 e. The summed E-state index contributed by atoms with van der Waals surface area (Å²) in [5.41, 5.74) is 7.93. The summed E-state index contributed by atoms with van der Waals surface area (Å²) in [5, 5.41) is 0. The van der Waals surface area contributed by atoms with E-state index in [0.717, 1.165) is 26.2 Å². The zero-order valence-electron chi connectivity index (χ0n) is 13.8. The molecule has 2 N–H and O–H groups in total. The number of aryl methyl sites for hydroxylation is 1. The first-order chi connectivity index (χ1) is 10.5. The van der Waals surface area contributed by atoms with Crippen LogP contribution in [-0.2, 0) is 9.53 Å². The largest absolute Gasteiger partial charge is 0.374 e. The van der Waals surface area contributed by atoms with Gasteiger partial charge in [-0.1, -0.05) is 24.3 Å². The van der Waals surface area contributed by atoms with Crippen LogP contribution in [0.5, 0.6) is 0 Å². The minimum absolute atomic E-state index is 0.115. The van der Waals surface area contributed by atoms with Gasteiger partial charge in [0.1, 0.15) is 0 Å². The Balaban J connectivity index is 1.95. The SMILES string of the molecule is Cc1ccccc1C(C)N1CCOC(CN(C)CC(N)=O)C1. The van der Waals surface area contributed by atoms with Gasteiger partial charge in [0.05, 0.1) is 19.3 Å². The second kappa shape index (κ2) is 7.72. The molecule has 1 aliphatic rings. The number of nitrogens with zero attached hydrogens (tertiary/aromatic N) is 2. The number of nitrogens with two attached hydrogens (primary N) is 1. The summed E-state index contributed by atoms with van der Waals surface area (Å²) in [5.74, 6) is -0.302. The fraction of sp³-hybridized carbons (Fsp3) is 0.588. The van der Waals surface area contributed by atoms with Gasteiger partial charge >= 0.3 is 0 Å². The number of carbonyl (C=O) groups is 1. The molecule has 0 aliphatic carbocycles. The lowest BCUT2D eigenvalue weighted by Gasteiger charge is -2.38. The fourth-order valence-corrected chi connectivity index (χ4v) is 3.13. The van der Waals surface area contributed by atoms with Crippen LogP contribution >= 0.6 is 0 Å². The molecular formula is C17H27N3O2. The van der Waals surface area contributed by atoms with Gasteiger partial charge in [0, 0.05) is 25.7 Å². The molecule has 1 heterocycles. The van der Waals surface area contributed by atoms with E-state index in [1.807, 2.05) is 11.9 Å². The normalized spacial score (nSPS) is 21.0. The first kappa shape index (κ1) is 16.9. The van der Waals surface area contributed by atoms with E-state index in [1.165, 1.54) is 11.1 Å². The summed E-state index contributed by atoms with van der Waals surface area (Å²) in [4.78, 5) is 15.4. The van der Waals surface area contributed by atoms with Crippen molar-refractivity contribution in [3.63, 3.8) is 0 Å². The summed E-state index contributed by atoms with van der Waals surface area (Å²) in [7, 11) is 1.90. The van der Waals surface area contributed by atoms with Crippen molar-refractivity contribution >= 4 is 5.91 Å². The second-order valence-corrected chi connectivity index (χ2v) is 6.18. The lowest BCUT2D eigenvalue weighted by Crippen LogP contribution is -2.48. The summed E-state index contributed by atoms with van der Waals surface area (Å²) in [6.45, 7) is 7.94. The minimum atomic E-state index is -0.302. The number of amides is 1. The molecule has 0 spiro atoms. The first-order valence-corrected chi connectivity index (χ1v) is 7.85. The summed E-state index contributed by atoms with van der Waals surface area (Å²) >= 11 is 0. The third-order valence-corrected chi connectivity index (χ3v) is 4.30. The molecule has 5 nitrogen and oxygen atoms in total. The third kappa shape index (κ3) is 4.53. The van der Waals surface area contributed by atoms with Gasteiger partial charge < -0.3 is 10.5 Å². The van der Waals surface area contributed by atoms with Crippen LogP contribution in [0, 0.1) is 6.92 Å². The number of rotatable bonds is 6. The number of ether oxygens (including phenoxy) is 1. The van der Waals surface area contributed by atoms with Crippen molar-refractivity contribution in [2.24, 2.45) is 5.73 Å². The Morgan fingerprint density at radius 3 is 2.91 bits per heavy atom. The molecule has 0 radical (unpaired) electrons. The third-order valence-electron chi connectivity index (χ3n) is 4.30. The lowest BCUT2D eigenvalue weighted by molar-refractivity contribution is -0.119. The lowest BCUT2D eigenvalue weighted by atomic mass is 10.0. The molecule has 2 atom stereocenters. The Bertz CT molecular complexity index is 506.